The number of methoxy groups -OCH3 is 1. The number of rotatable bonds is 5. The third kappa shape index (κ3) is 4.07. The van der Waals surface area contributed by atoms with Crippen molar-refractivity contribution in [1.29, 1.82) is 0 Å². The Morgan fingerprint density at radius 3 is 2.74 bits per heavy atom. The van der Waals surface area contributed by atoms with Crippen molar-refractivity contribution in [3.05, 3.63) is 35.4 Å². The average molecular weight is 260 g/mol. The predicted octanol–water partition coefficient (Wildman–Crippen LogP) is 2.90. The fraction of sp³-hybridized carbons (Fsp3) is 0.500. The van der Waals surface area contributed by atoms with Crippen molar-refractivity contribution in [2.45, 2.75) is 31.7 Å². The van der Waals surface area contributed by atoms with Crippen LogP contribution in [0.1, 0.15) is 36.5 Å². The molecule has 3 heteroatoms. The Morgan fingerprint density at radius 2 is 2.16 bits per heavy atom. The van der Waals surface area contributed by atoms with Crippen molar-refractivity contribution in [3.63, 3.8) is 0 Å². The molecule has 1 fully saturated rings. The van der Waals surface area contributed by atoms with Gasteiger partial charge in [0.05, 0.1) is 6.61 Å². The minimum atomic E-state index is -0.124. The third-order valence-electron chi connectivity index (χ3n) is 3.22. The number of hydrogen-bond donors (Lipinski definition) is 0. The van der Waals surface area contributed by atoms with Crippen LogP contribution in [0.3, 0.4) is 0 Å². The lowest BCUT2D eigenvalue weighted by Crippen LogP contribution is -2.26. The normalized spacial score (nSPS) is 20.7. The predicted molar refractivity (Wildman–Crippen MR) is 73.7 cm³/mol. The maximum atomic E-state index is 5.99. The van der Waals surface area contributed by atoms with E-state index in [1.165, 1.54) is 0 Å². The fourth-order valence-corrected chi connectivity index (χ4v) is 2.16. The summed E-state index contributed by atoms with van der Waals surface area (Å²) in [6, 6.07) is 7.82. The van der Waals surface area contributed by atoms with Gasteiger partial charge in [0, 0.05) is 19.3 Å². The van der Waals surface area contributed by atoms with Crippen LogP contribution in [0.15, 0.2) is 24.3 Å². The summed E-state index contributed by atoms with van der Waals surface area (Å²) in [6.45, 7) is 1.29. The molecule has 2 atom stereocenters. The summed E-state index contributed by atoms with van der Waals surface area (Å²) in [7, 11) is 1.67. The molecule has 0 N–H and O–H groups in total. The molecule has 102 valence electrons. The van der Waals surface area contributed by atoms with E-state index in [1.54, 1.807) is 7.11 Å². The van der Waals surface area contributed by atoms with Crippen molar-refractivity contribution in [2.24, 2.45) is 0 Å². The first-order valence-corrected chi connectivity index (χ1v) is 6.66. The standard InChI is InChI=1S/C16H20O3/c1-3-13-7-9-14(10-8-13)15(12-17-2)19-16-6-4-5-11-18-16/h1,7-10,15-16H,4-6,11-12H2,2H3/t15-,16?/m1/s1. The summed E-state index contributed by atoms with van der Waals surface area (Å²) in [5.41, 5.74) is 1.93. The van der Waals surface area contributed by atoms with Crippen LogP contribution in [0.5, 0.6) is 0 Å². The van der Waals surface area contributed by atoms with Gasteiger partial charge in [0.1, 0.15) is 6.10 Å². The maximum Gasteiger partial charge on any atom is 0.158 e. The topological polar surface area (TPSA) is 27.7 Å². The van der Waals surface area contributed by atoms with Crippen LogP contribution in [-0.2, 0) is 14.2 Å². The van der Waals surface area contributed by atoms with E-state index in [1.807, 2.05) is 24.3 Å². The zero-order valence-corrected chi connectivity index (χ0v) is 11.3. The van der Waals surface area contributed by atoms with Crippen LogP contribution < -0.4 is 0 Å². The highest BCUT2D eigenvalue weighted by molar-refractivity contribution is 5.34. The minimum Gasteiger partial charge on any atom is -0.382 e. The quantitative estimate of drug-likeness (QED) is 0.762. The Bertz CT molecular complexity index is 413. The van der Waals surface area contributed by atoms with Crippen molar-refractivity contribution in [1.82, 2.24) is 0 Å². The Balaban J connectivity index is 2.03. The van der Waals surface area contributed by atoms with Gasteiger partial charge < -0.3 is 14.2 Å². The van der Waals surface area contributed by atoms with Crippen LogP contribution in [0.2, 0.25) is 0 Å². The molecule has 0 aromatic heterocycles. The number of benzene rings is 1. The molecule has 1 aromatic rings. The van der Waals surface area contributed by atoms with Gasteiger partial charge in [-0.05, 0) is 37.0 Å². The molecular weight excluding hydrogens is 240 g/mol. The van der Waals surface area contributed by atoms with E-state index in [2.05, 4.69) is 5.92 Å². The lowest BCUT2D eigenvalue weighted by molar-refractivity contribution is -0.198. The van der Waals surface area contributed by atoms with E-state index < -0.39 is 0 Å². The summed E-state index contributed by atoms with van der Waals surface area (Å²) in [5, 5.41) is 0. The van der Waals surface area contributed by atoms with Crippen LogP contribution in [-0.4, -0.2) is 26.6 Å². The number of terminal acetylenes is 1. The first kappa shape index (κ1) is 14.1. The molecule has 0 aliphatic carbocycles. The zero-order valence-electron chi connectivity index (χ0n) is 11.3. The second-order valence-corrected chi connectivity index (χ2v) is 4.64. The molecule has 1 heterocycles. The van der Waals surface area contributed by atoms with Gasteiger partial charge in [0.15, 0.2) is 6.29 Å². The van der Waals surface area contributed by atoms with Gasteiger partial charge in [-0.15, -0.1) is 6.42 Å². The molecule has 3 nitrogen and oxygen atoms in total. The second kappa shape index (κ2) is 7.30. The first-order valence-electron chi connectivity index (χ1n) is 6.66. The SMILES string of the molecule is C#Cc1ccc([C@@H](COC)OC2CCCCO2)cc1. The molecule has 0 radical (unpaired) electrons. The molecule has 0 bridgehead atoms. The molecule has 0 amide bonds. The van der Waals surface area contributed by atoms with Crippen LogP contribution >= 0.6 is 0 Å². The first-order chi connectivity index (χ1) is 9.33. The molecule has 1 aromatic carbocycles. The van der Waals surface area contributed by atoms with Crippen molar-refractivity contribution < 1.29 is 14.2 Å². The average Bonchev–Trinajstić information content (AvgIpc) is 2.48. The third-order valence-corrected chi connectivity index (χ3v) is 3.22. The smallest absolute Gasteiger partial charge is 0.158 e. The van der Waals surface area contributed by atoms with Crippen molar-refractivity contribution in [3.8, 4) is 12.3 Å². The highest BCUT2D eigenvalue weighted by Gasteiger charge is 2.21. The van der Waals surface area contributed by atoms with Gasteiger partial charge in [-0.3, -0.25) is 0 Å². The van der Waals surface area contributed by atoms with E-state index in [4.69, 9.17) is 20.6 Å². The molecule has 1 aliphatic heterocycles. The molecule has 1 unspecified atom stereocenters. The Hall–Kier alpha value is -1.34. The van der Waals surface area contributed by atoms with Gasteiger partial charge in [0.2, 0.25) is 0 Å². The second-order valence-electron chi connectivity index (χ2n) is 4.64. The largest absolute Gasteiger partial charge is 0.382 e. The molecule has 0 spiro atoms. The Kier molecular flexibility index (Phi) is 5.41. The van der Waals surface area contributed by atoms with Gasteiger partial charge in [-0.2, -0.15) is 0 Å². The molecule has 1 aliphatic rings. The summed E-state index contributed by atoms with van der Waals surface area (Å²) < 4.78 is 16.8. The van der Waals surface area contributed by atoms with E-state index >= 15 is 0 Å². The van der Waals surface area contributed by atoms with E-state index in [-0.39, 0.29) is 12.4 Å². The zero-order chi connectivity index (χ0) is 13.5. The molecule has 2 rings (SSSR count). The number of ether oxygens (including phenoxy) is 3. The number of hydrogen-bond acceptors (Lipinski definition) is 3. The lowest BCUT2D eigenvalue weighted by Gasteiger charge is -2.27. The Labute approximate surface area is 114 Å². The van der Waals surface area contributed by atoms with Gasteiger partial charge in [-0.1, -0.05) is 18.1 Å². The molecular formula is C16H20O3. The fourth-order valence-electron chi connectivity index (χ4n) is 2.16. The highest BCUT2D eigenvalue weighted by Crippen LogP contribution is 2.24. The summed E-state index contributed by atoms with van der Waals surface area (Å²) in [4.78, 5) is 0. The van der Waals surface area contributed by atoms with Gasteiger partial charge in [0.25, 0.3) is 0 Å². The molecule has 1 saturated heterocycles. The monoisotopic (exact) mass is 260 g/mol. The van der Waals surface area contributed by atoms with Gasteiger partial charge in [-0.25, -0.2) is 0 Å². The summed E-state index contributed by atoms with van der Waals surface area (Å²) in [6.07, 6.45) is 8.34. The van der Waals surface area contributed by atoms with Crippen LogP contribution in [0.4, 0.5) is 0 Å². The van der Waals surface area contributed by atoms with Crippen LogP contribution in [0.25, 0.3) is 0 Å². The summed E-state index contributed by atoms with van der Waals surface area (Å²) >= 11 is 0. The van der Waals surface area contributed by atoms with E-state index in [0.717, 1.165) is 37.0 Å². The van der Waals surface area contributed by atoms with E-state index in [0.29, 0.717) is 6.61 Å². The lowest BCUT2D eigenvalue weighted by atomic mass is 10.1. The minimum absolute atomic E-state index is 0.111. The maximum absolute atomic E-state index is 5.99. The van der Waals surface area contributed by atoms with Crippen LogP contribution in [0, 0.1) is 12.3 Å². The van der Waals surface area contributed by atoms with E-state index in [9.17, 15) is 0 Å². The highest BCUT2D eigenvalue weighted by atomic mass is 16.7. The summed E-state index contributed by atoms with van der Waals surface area (Å²) in [5.74, 6) is 2.61. The molecule has 19 heavy (non-hydrogen) atoms. The van der Waals surface area contributed by atoms with Crippen molar-refractivity contribution in [2.75, 3.05) is 20.3 Å². The van der Waals surface area contributed by atoms with Gasteiger partial charge >= 0.3 is 0 Å². The Morgan fingerprint density at radius 1 is 1.37 bits per heavy atom. The molecule has 0 saturated carbocycles. The van der Waals surface area contributed by atoms with Crippen molar-refractivity contribution >= 4 is 0 Å².